The van der Waals surface area contributed by atoms with Crippen LogP contribution in [0.15, 0.2) is 41.8 Å². The van der Waals surface area contributed by atoms with E-state index in [0.29, 0.717) is 6.54 Å². The summed E-state index contributed by atoms with van der Waals surface area (Å²) < 4.78 is 42.6. The molecular formula is C11H10ClFN2O3S. The van der Waals surface area contributed by atoms with E-state index >= 15 is 0 Å². The Morgan fingerprint density at radius 3 is 2.79 bits per heavy atom. The van der Waals surface area contributed by atoms with E-state index in [1.165, 1.54) is 12.1 Å². The van der Waals surface area contributed by atoms with Crippen LogP contribution in [0.4, 0.5) is 4.39 Å². The molecule has 0 aliphatic rings. The van der Waals surface area contributed by atoms with E-state index in [-0.39, 0.29) is 17.3 Å². The van der Waals surface area contributed by atoms with Gasteiger partial charge in [-0.05, 0) is 18.2 Å². The van der Waals surface area contributed by atoms with E-state index in [9.17, 15) is 12.8 Å². The molecule has 5 nitrogen and oxygen atoms in total. The van der Waals surface area contributed by atoms with Gasteiger partial charge in [0.05, 0.1) is 17.8 Å². The van der Waals surface area contributed by atoms with Crippen LogP contribution in [0.2, 0.25) is 0 Å². The Balaban J connectivity index is 2.01. The lowest BCUT2D eigenvalue weighted by molar-refractivity contribution is 0.284. The van der Waals surface area contributed by atoms with Crippen molar-refractivity contribution in [3.05, 3.63) is 42.7 Å². The molecule has 0 aliphatic carbocycles. The lowest BCUT2D eigenvalue weighted by Gasteiger charge is -2.08. The second-order valence-electron chi connectivity index (χ2n) is 3.68. The average molecular weight is 305 g/mol. The van der Waals surface area contributed by atoms with E-state index in [1.54, 1.807) is 23.3 Å². The Labute approximate surface area is 114 Å². The molecule has 1 aromatic heterocycles. The van der Waals surface area contributed by atoms with Crippen LogP contribution in [0, 0.1) is 5.82 Å². The van der Waals surface area contributed by atoms with Gasteiger partial charge in [-0.15, -0.1) is 0 Å². The van der Waals surface area contributed by atoms with Gasteiger partial charge < -0.3 is 9.30 Å². The molecule has 102 valence electrons. The first kappa shape index (κ1) is 13.8. The summed E-state index contributed by atoms with van der Waals surface area (Å²) in [5.41, 5.74) is 0. The number of halogens is 2. The summed E-state index contributed by atoms with van der Waals surface area (Å²) in [4.78, 5) is 3.56. The monoisotopic (exact) mass is 304 g/mol. The third-order valence-electron chi connectivity index (χ3n) is 2.35. The van der Waals surface area contributed by atoms with Crippen LogP contribution in [0.5, 0.6) is 5.75 Å². The first-order valence-electron chi connectivity index (χ1n) is 5.29. The SMILES string of the molecule is O=S(=O)(Cl)c1ccc(OCCn2ccnc2)c(F)c1. The highest BCUT2D eigenvalue weighted by Gasteiger charge is 2.13. The fourth-order valence-corrected chi connectivity index (χ4v) is 2.19. The van der Waals surface area contributed by atoms with Gasteiger partial charge in [0.25, 0.3) is 9.05 Å². The molecule has 0 bridgehead atoms. The van der Waals surface area contributed by atoms with E-state index in [0.717, 1.165) is 6.07 Å². The zero-order valence-corrected chi connectivity index (χ0v) is 11.2. The van der Waals surface area contributed by atoms with Crippen molar-refractivity contribution in [1.29, 1.82) is 0 Å². The maximum absolute atomic E-state index is 13.6. The lowest BCUT2D eigenvalue weighted by atomic mass is 10.3. The third kappa shape index (κ3) is 3.68. The summed E-state index contributed by atoms with van der Waals surface area (Å²) in [6.07, 6.45) is 4.99. The van der Waals surface area contributed by atoms with Gasteiger partial charge in [0.1, 0.15) is 6.61 Å². The average Bonchev–Trinajstić information content (AvgIpc) is 2.83. The lowest BCUT2D eigenvalue weighted by Crippen LogP contribution is -2.07. The zero-order chi connectivity index (χ0) is 13.9. The largest absolute Gasteiger partial charge is 0.489 e. The smallest absolute Gasteiger partial charge is 0.261 e. The van der Waals surface area contributed by atoms with Gasteiger partial charge in [-0.1, -0.05) is 0 Å². The summed E-state index contributed by atoms with van der Waals surface area (Å²) in [7, 11) is 1.18. The fourth-order valence-electron chi connectivity index (χ4n) is 1.43. The maximum Gasteiger partial charge on any atom is 0.261 e. The van der Waals surface area contributed by atoms with Gasteiger partial charge in [0, 0.05) is 23.1 Å². The van der Waals surface area contributed by atoms with Crippen molar-refractivity contribution in [1.82, 2.24) is 9.55 Å². The molecule has 0 spiro atoms. The topological polar surface area (TPSA) is 61.2 Å². The highest BCUT2D eigenvalue weighted by Crippen LogP contribution is 2.23. The van der Waals surface area contributed by atoms with Crippen molar-refractivity contribution in [2.75, 3.05) is 6.61 Å². The molecule has 1 heterocycles. The number of nitrogens with zero attached hydrogens (tertiary/aromatic N) is 2. The van der Waals surface area contributed by atoms with E-state index < -0.39 is 14.9 Å². The number of imidazole rings is 1. The first-order valence-corrected chi connectivity index (χ1v) is 7.60. The van der Waals surface area contributed by atoms with Gasteiger partial charge in [-0.3, -0.25) is 0 Å². The quantitative estimate of drug-likeness (QED) is 0.793. The van der Waals surface area contributed by atoms with Gasteiger partial charge >= 0.3 is 0 Å². The third-order valence-corrected chi connectivity index (χ3v) is 3.70. The second-order valence-corrected chi connectivity index (χ2v) is 6.24. The zero-order valence-electron chi connectivity index (χ0n) is 9.66. The standard InChI is InChI=1S/C11H10ClFN2O3S/c12-19(16,17)9-1-2-11(10(13)7-9)18-6-5-15-4-3-14-8-15/h1-4,7-8H,5-6H2. The molecule has 0 amide bonds. The van der Waals surface area contributed by atoms with Crippen LogP contribution in [-0.4, -0.2) is 24.6 Å². The number of benzene rings is 1. The molecule has 2 rings (SSSR count). The van der Waals surface area contributed by atoms with Crippen molar-refractivity contribution < 1.29 is 17.5 Å². The van der Waals surface area contributed by atoms with Crippen LogP contribution < -0.4 is 4.74 Å². The Kier molecular flexibility index (Phi) is 4.06. The van der Waals surface area contributed by atoms with Crippen molar-refractivity contribution in [2.45, 2.75) is 11.4 Å². The van der Waals surface area contributed by atoms with Crippen molar-refractivity contribution in [3.63, 3.8) is 0 Å². The van der Waals surface area contributed by atoms with Crippen LogP contribution >= 0.6 is 10.7 Å². The number of rotatable bonds is 5. The van der Waals surface area contributed by atoms with Crippen LogP contribution in [-0.2, 0) is 15.6 Å². The predicted molar refractivity (Wildman–Crippen MR) is 67.2 cm³/mol. The van der Waals surface area contributed by atoms with Gasteiger partial charge in [-0.2, -0.15) is 0 Å². The van der Waals surface area contributed by atoms with E-state index in [2.05, 4.69) is 4.98 Å². The maximum atomic E-state index is 13.6. The molecule has 8 heteroatoms. The molecule has 2 aromatic rings. The summed E-state index contributed by atoms with van der Waals surface area (Å²) in [6, 6.07) is 3.26. The molecule has 0 radical (unpaired) electrons. The summed E-state index contributed by atoms with van der Waals surface area (Å²) >= 11 is 0. The van der Waals surface area contributed by atoms with Crippen LogP contribution in [0.25, 0.3) is 0 Å². The molecule has 0 aliphatic heterocycles. The van der Waals surface area contributed by atoms with Crippen molar-refractivity contribution in [3.8, 4) is 5.75 Å². The molecule has 0 saturated heterocycles. The number of hydrogen-bond donors (Lipinski definition) is 0. The Hall–Kier alpha value is -1.60. The highest BCUT2D eigenvalue weighted by molar-refractivity contribution is 8.13. The number of ether oxygens (including phenoxy) is 1. The van der Waals surface area contributed by atoms with Crippen LogP contribution in [0.3, 0.4) is 0 Å². The summed E-state index contributed by atoms with van der Waals surface area (Å²) in [5, 5.41) is 0. The molecular weight excluding hydrogens is 295 g/mol. The minimum atomic E-state index is -3.93. The molecule has 1 aromatic carbocycles. The summed E-state index contributed by atoms with van der Waals surface area (Å²) in [6.45, 7) is 0.745. The van der Waals surface area contributed by atoms with Crippen molar-refractivity contribution in [2.24, 2.45) is 0 Å². The Morgan fingerprint density at radius 2 is 2.21 bits per heavy atom. The minimum Gasteiger partial charge on any atom is -0.489 e. The molecule has 19 heavy (non-hydrogen) atoms. The molecule has 0 atom stereocenters. The fraction of sp³-hybridized carbons (Fsp3) is 0.182. The van der Waals surface area contributed by atoms with Gasteiger partial charge in [0.2, 0.25) is 0 Å². The normalized spacial score (nSPS) is 11.5. The predicted octanol–water partition coefficient (Wildman–Crippen LogP) is 2.03. The van der Waals surface area contributed by atoms with E-state index in [4.69, 9.17) is 15.4 Å². The van der Waals surface area contributed by atoms with Gasteiger partial charge in [-0.25, -0.2) is 17.8 Å². The minimum absolute atomic E-state index is 0.0239. The van der Waals surface area contributed by atoms with Crippen LogP contribution in [0.1, 0.15) is 0 Å². The first-order chi connectivity index (χ1) is 8.97. The Morgan fingerprint density at radius 1 is 1.42 bits per heavy atom. The van der Waals surface area contributed by atoms with E-state index in [1.807, 2.05) is 0 Å². The molecule has 0 N–H and O–H groups in total. The Bertz CT molecular complexity index is 659. The van der Waals surface area contributed by atoms with Crippen molar-refractivity contribution >= 4 is 19.7 Å². The number of hydrogen-bond acceptors (Lipinski definition) is 4. The molecule has 0 fully saturated rings. The molecule has 0 saturated carbocycles. The number of aromatic nitrogens is 2. The summed E-state index contributed by atoms with van der Waals surface area (Å²) in [5.74, 6) is -0.795. The molecule has 0 unspecified atom stereocenters. The highest BCUT2D eigenvalue weighted by atomic mass is 35.7. The van der Waals surface area contributed by atoms with Gasteiger partial charge in [0.15, 0.2) is 11.6 Å². The second kappa shape index (κ2) is 5.58.